The zero-order valence-electron chi connectivity index (χ0n) is 17.8. The van der Waals surface area contributed by atoms with Crippen LogP contribution in [0.3, 0.4) is 0 Å². The quantitative estimate of drug-likeness (QED) is 0.584. The van der Waals surface area contributed by atoms with Crippen molar-refractivity contribution in [2.45, 2.75) is 116 Å². The maximum Gasteiger partial charge on any atom is 0.136 e. The summed E-state index contributed by atoms with van der Waals surface area (Å²) in [5.41, 5.74) is -1.01. The van der Waals surface area contributed by atoms with Gasteiger partial charge >= 0.3 is 0 Å². The fraction of sp³-hybridized carbons (Fsp3) is 0.957. The van der Waals surface area contributed by atoms with E-state index in [0.717, 1.165) is 57.8 Å². The average molecular weight is 367 g/mol. The van der Waals surface area contributed by atoms with Gasteiger partial charge in [-0.1, -0.05) is 32.6 Å². The van der Waals surface area contributed by atoms with Gasteiger partial charge in [-0.2, -0.15) is 0 Å². The smallest absolute Gasteiger partial charge is 0.136 e. The summed E-state index contributed by atoms with van der Waals surface area (Å²) < 4.78 is 0. The number of hydrogen-bond acceptors (Lipinski definition) is 3. The second-order valence-corrected chi connectivity index (χ2v) is 10.7. The number of carbonyl (C=O) groups is 1. The monoisotopic (exact) mass is 366 g/mol. The summed E-state index contributed by atoms with van der Waals surface area (Å²) in [7, 11) is 0. The van der Waals surface area contributed by atoms with E-state index in [2.05, 4.69) is 6.92 Å². The molecule has 2 saturated carbocycles. The highest BCUT2D eigenvalue weighted by Gasteiger charge is 2.52. The average Bonchev–Trinajstić information content (AvgIpc) is 2.81. The van der Waals surface area contributed by atoms with Gasteiger partial charge in [0.1, 0.15) is 5.78 Å². The summed E-state index contributed by atoms with van der Waals surface area (Å²) in [6.07, 6.45) is 11.3. The van der Waals surface area contributed by atoms with Gasteiger partial charge < -0.3 is 10.2 Å². The summed E-state index contributed by atoms with van der Waals surface area (Å²) >= 11 is 0. The number of fused-ring (bicyclic) bond motifs is 1. The summed E-state index contributed by atoms with van der Waals surface area (Å²) in [5.74, 6) is 2.03. The number of ketones is 1. The lowest BCUT2D eigenvalue weighted by atomic mass is 9.61. The van der Waals surface area contributed by atoms with E-state index in [9.17, 15) is 15.0 Å². The lowest BCUT2D eigenvalue weighted by Gasteiger charge is -2.43. The molecule has 0 unspecified atom stereocenters. The Morgan fingerprint density at radius 3 is 2.08 bits per heavy atom. The zero-order chi connectivity index (χ0) is 19.6. The van der Waals surface area contributed by atoms with Gasteiger partial charge in [-0.15, -0.1) is 0 Å². The van der Waals surface area contributed by atoms with E-state index in [0.29, 0.717) is 17.6 Å². The number of aliphatic hydroxyl groups is 2. The molecule has 0 spiro atoms. The van der Waals surface area contributed by atoms with E-state index in [-0.39, 0.29) is 11.3 Å². The lowest BCUT2D eigenvalue weighted by Crippen LogP contribution is -2.40. The molecule has 0 saturated heterocycles. The highest BCUT2D eigenvalue weighted by molar-refractivity contribution is 5.83. The molecule has 2 rings (SSSR count). The molecule has 3 heteroatoms. The summed E-state index contributed by atoms with van der Waals surface area (Å²) in [6, 6.07) is 0. The third kappa shape index (κ3) is 5.79. The van der Waals surface area contributed by atoms with Crippen LogP contribution in [0.1, 0.15) is 105 Å². The summed E-state index contributed by atoms with van der Waals surface area (Å²) in [5, 5.41) is 20.1. The first-order valence-corrected chi connectivity index (χ1v) is 10.9. The predicted octanol–water partition coefficient (Wildman–Crippen LogP) is 5.27. The molecule has 2 fully saturated rings. The van der Waals surface area contributed by atoms with Crippen LogP contribution < -0.4 is 0 Å². The Balaban J connectivity index is 2.05. The summed E-state index contributed by atoms with van der Waals surface area (Å²) in [6.45, 7) is 9.95. The Hall–Kier alpha value is -0.410. The highest BCUT2D eigenvalue weighted by atomic mass is 16.3. The molecule has 152 valence electrons. The molecule has 0 bridgehead atoms. The van der Waals surface area contributed by atoms with Gasteiger partial charge in [0, 0.05) is 12.3 Å². The van der Waals surface area contributed by atoms with Gasteiger partial charge in [-0.3, -0.25) is 4.79 Å². The molecule has 3 nitrogen and oxygen atoms in total. The molecule has 0 aromatic rings. The predicted molar refractivity (Wildman–Crippen MR) is 107 cm³/mol. The molecule has 26 heavy (non-hydrogen) atoms. The van der Waals surface area contributed by atoms with Crippen molar-refractivity contribution in [3.05, 3.63) is 0 Å². The van der Waals surface area contributed by atoms with Crippen molar-refractivity contribution < 1.29 is 15.0 Å². The van der Waals surface area contributed by atoms with Crippen molar-refractivity contribution in [3.63, 3.8) is 0 Å². The van der Waals surface area contributed by atoms with Crippen LogP contribution in [0.2, 0.25) is 0 Å². The minimum Gasteiger partial charge on any atom is -0.390 e. The van der Waals surface area contributed by atoms with Crippen LogP contribution in [-0.4, -0.2) is 27.2 Å². The van der Waals surface area contributed by atoms with E-state index in [1.807, 2.05) is 27.7 Å². The molecule has 0 radical (unpaired) electrons. The van der Waals surface area contributed by atoms with Crippen LogP contribution in [0.15, 0.2) is 0 Å². The van der Waals surface area contributed by atoms with Gasteiger partial charge in [0.2, 0.25) is 0 Å². The Kier molecular flexibility index (Phi) is 6.99. The van der Waals surface area contributed by atoms with Gasteiger partial charge in [0.15, 0.2) is 0 Å². The molecule has 2 N–H and O–H groups in total. The van der Waals surface area contributed by atoms with Crippen molar-refractivity contribution in [1.29, 1.82) is 0 Å². The van der Waals surface area contributed by atoms with Gasteiger partial charge in [-0.05, 0) is 83.5 Å². The largest absolute Gasteiger partial charge is 0.390 e. The standard InChI is InChI=1S/C23H42O3/c1-21(2,25)14-6-9-17(10-7-15-22(3,4)26)18-12-13-19-20(24)11-8-16-23(18,19)5/h17-19,25-26H,6-16H2,1-5H3/t18-,19+,23-/m0/s1. The number of hydrogen-bond donors (Lipinski definition) is 2. The van der Waals surface area contributed by atoms with Crippen LogP contribution in [-0.2, 0) is 4.79 Å². The normalized spacial score (nSPS) is 30.1. The Bertz CT molecular complexity index is 451. The molecule has 3 atom stereocenters. The topological polar surface area (TPSA) is 57.5 Å². The molecule has 2 aliphatic carbocycles. The number of rotatable bonds is 9. The molecule has 0 aliphatic heterocycles. The molecular formula is C23H42O3. The van der Waals surface area contributed by atoms with E-state index in [1.165, 1.54) is 12.8 Å². The van der Waals surface area contributed by atoms with Crippen LogP contribution in [0.25, 0.3) is 0 Å². The van der Waals surface area contributed by atoms with Gasteiger partial charge in [0.05, 0.1) is 11.2 Å². The van der Waals surface area contributed by atoms with Gasteiger partial charge in [0.25, 0.3) is 0 Å². The van der Waals surface area contributed by atoms with Crippen LogP contribution >= 0.6 is 0 Å². The molecule has 0 aromatic carbocycles. The third-order valence-corrected chi connectivity index (χ3v) is 7.23. The number of carbonyl (C=O) groups excluding carboxylic acids is 1. The highest BCUT2D eigenvalue weighted by Crippen LogP contribution is 2.58. The SMILES string of the molecule is CC(C)(O)CCCC(CCCC(C)(C)O)[C@@H]1CC[C@@H]2C(=O)CCC[C@]21C. The molecule has 2 aliphatic rings. The van der Waals surface area contributed by atoms with Crippen molar-refractivity contribution >= 4 is 5.78 Å². The fourth-order valence-corrected chi connectivity index (χ4v) is 5.88. The minimum atomic E-state index is -0.597. The second-order valence-electron chi connectivity index (χ2n) is 10.7. The lowest BCUT2D eigenvalue weighted by molar-refractivity contribution is -0.130. The summed E-state index contributed by atoms with van der Waals surface area (Å²) in [4.78, 5) is 12.5. The molecule has 0 amide bonds. The van der Waals surface area contributed by atoms with Gasteiger partial charge in [-0.25, -0.2) is 0 Å². The Morgan fingerprint density at radius 2 is 1.58 bits per heavy atom. The van der Waals surface area contributed by atoms with Crippen molar-refractivity contribution in [2.75, 3.05) is 0 Å². The number of Topliss-reactive ketones (excluding diaryl/α,β-unsaturated/α-hetero) is 1. The molecule has 0 aromatic heterocycles. The first-order chi connectivity index (χ1) is 11.9. The first-order valence-electron chi connectivity index (χ1n) is 10.9. The minimum absolute atomic E-state index is 0.184. The Morgan fingerprint density at radius 1 is 1.04 bits per heavy atom. The van der Waals surface area contributed by atoms with E-state index in [4.69, 9.17) is 0 Å². The van der Waals surface area contributed by atoms with E-state index in [1.54, 1.807) is 0 Å². The third-order valence-electron chi connectivity index (χ3n) is 7.23. The first kappa shape index (κ1) is 21.9. The van der Waals surface area contributed by atoms with Crippen LogP contribution in [0.5, 0.6) is 0 Å². The van der Waals surface area contributed by atoms with Crippen molar-refractivity contribution in [3.8, 4) is 0 Å². The molecule has 0 heterocycles. The van der Waals surface area contributed by atoms with Crippen molar-refractivity contribution in [2.24, 2.45) is 23.2 Å². The maximum atomic E-state index is 12.5. The second kappa shape index (κ2) is 8.31. The fourth-order valence-electron chi connectivity index (χ4n) is 5.88. The van der Waals surface area contributed by atoms with Crippen LogP contribution in [0.4, 0.5) is 0 Å². The Labute approximate surface area is 161 Å². The van der Waals surface area contributed by atoms with Crippen LogP contribution in [0, 0.1) is 23.2 Å². The maximum absolute atomic E-state index is 12.5. The molecular weight excluding hydrogens is 324 g/mol. The van der Waals surface area contributed by atoms with Crippen molar-refractivity contribution in [1.82, 2.24) is 0 Å². The van der Waals surface area contributed by atoms with E-state index < -0.39 is 11.2 Å². The van der Waals surface area contributed by atoms with E-state index >= 15 is 0 Å². The zero-order valence-corrected chi connectivity index (χ0v) is 17.8.